The van der Waals surface area contributed by atoms with E-state index in [1.54, 1.807) is 0 Å². The van der Waals surface area contributed by atoms with Gasteiger partial charge in [0.05, 0.1) is 19.3 Å². The number of allylic oxidation sites excluding steroid dienone is 8. The van der Waals surface area contributed by atoms with Crippen molar-refractivity contribution in [3.63, 3.8) is 0 Å². The van der Waals surface area contributed by atoms with E-state index in [-0.39, 0.29) is 31.3 Å². The van der Waals surface area contributed by atoms with Gasteiger partial charge in [-0.05, 0) is 110 Å². The highest BCUT2D eigenvalue weighted by Crippen LogP contribution is 2.15. The van der Waals surface area contributed by atoms with Crippen LogP contribution >= 0.6 is 0 Å². The molecule has 0 aliphatic heterocycles. The molecule has 0 N–H and O–H groups in total. The fourth-order valence-corrected chi connectivity index (χ4v) is 6.62. The van der Waals surface area contributed by atoms with E-state index >= 15 is 0 Å². The third-order valence-electron chi connectivity index (χ3n) is 9.78. The summed E-state index contributed by atoms with van der Waals surface area (Å²) >= 11 is 0. The van der Waals surface area contributed by atoms with Crippen molar-refractivity contribution >= 4 is 11.9 Å². The zero-order chi connectivity index (χ0) is 41.0. The largest absolute Gasteiger partial charge is 0.463 e. The maximum absolute atomic E-state index is 12.3. The fourth-order valence-electron chi connectivity index (χ4n) is 6.62. The topological polar surface area (TPSA) is 74.3 Å². The first kappa shape index (κ1) is 53.8. The Kier molecular flexibility index (Phi) is 42.2. The van der Waals surface area contributed by atoms with Crippen molar-refractivity contribution in [2.24, 2.45) is 5.92 Å². The Bertz CT molecular complexity index is 974. The van der Waals surface area contributed by atoms with Crippen molar-refractivity contribution in [1.29, 1.82) is 0 Å². The van der Waals surface area contributed by atoms with Crippen LogP contribution in [0.25, 0.3) is 0 Å². The van der Waals surface area contributed by atoms with Gasteiger partial charge in [0.15, 0.2) is 0 Å². The zero-order valence-corrected chi connectivity index (χ0v) is 37.3. The van der Waals surface area contributed by atoms with Crippen LogP contribution in [-0.2, 0) is 28.5 Å². The molecular weight excluding hydrogens is 699 g/mol. The summed E-state index contributed by atoms with van der Waals surface area (Å²) < 4.78 is 22.8. The molecule has 0 radical (unpaired) electrons. The number of esters is 2. The summed E-state index contributed by atoms with van der Waals surface area (Å²) in [5, 5.41) is 0. The molecule has 0 saturated carbocycles. The lowest BCUT2D eigenvalue weighted by Crippen LogP contribution is -2.27. The van der Waals surface area contributed by atoms with Gasteiger partial charge >= 0.3 is 11.9 Å². The molecule has 0 rings (SSSR count). The van der Waals surface area contributed by atoms with Crippen LogP contribution in [0.1, 0.15) is 188 Å². The summed E-state index contributed by atoms with van der Waals surface area (Å²) in [6, 6.07) is 0. The number of hydrogen-bond donors (Lipinski definition) is 0. The van der Waals surface area contributed by atoms with Crippen LogP contribution in [-0.4, -0.2) is 76.6 Å². The molecule has 2 unspecified atom stereocenters. The lowest BCUT2D eigenvalue weighted by Gasteiger charge is -2.23. The molecule has 0 heterocycles. The highest BCUT2D eigenvalue weighted by atomic mass is 16.6. The number of rotatable bonds is 42. The van der Waals surface area contributed by atoms with Crippen LogP contribution in [0.15, 0.2) is 48.6 Å². The SMILES string of the molecule is CCCCC/C=C\C/C=C\CCCCCCCC(=O)OCCOCCC(CC(C)CN(C)C)OCCOC(=O)CCCCCCC/C=C\C/C=C\CCCCC. The van der Waals surface area contributed by atoms with E-state index in [1.165, 1.54) is 77.0 Å². The van der Waals surface area contributed by atoms with Gasteiger partial charge in [0.1, 0.15) is 13.2 Å². The highest BCUT2D eigenvalue weighted by molar-refractivity contribution is 5.69. The third kappa shape index (κ3) is 42.9. The van der Waals surface area contributed by atoms with Crippen LogP contribution in [0.2, 0.25) is 0 Å². The van der Waals surface area contributed by atoms with Crippen molar-refractivity contribution in [2.75, 3.05) is 53.7 Å². The molecule has 0 aromatic carbocycles. The molecule has 0 amide bonds. The van der Waals surface area contributed by atoms with Crippen molar-refractivity contribution in [3.05, 3.63) is 48.6 Å². The van der Waals surface area contributed by atoms with Gasteiger partial charge in [-0.2, -0.15) is 0 Å². The van der Waals surface area contributed by atoms with Gasteiger partial charge in [0, 0.05) is 26.0 Å². The average Bonchev–Trinajstić information content (AvgIpc) is 3.17. The molecule has 326 valence electrons. The molecule has 0 aromatic rings. The molecule has 0 spiro atoms. The summed E-state index contributed by atoms with van der Waals surface area (Å²) in [6.07, 6.45) is 46.6. The van der Waals surface area contributed by atoms with E-state index < -0.39 is 0 Å². The van der Waals surface area contributed by atoms with E-state index in [0.717, 1.165) is 83.6 Å². The standard InChI is InChI=1S/C49H89NO6/c1-6-8-10-12-14-16-18-20-22-24-26-28-30-32-34-36-48(51)55-41-40-53-39-38-47(44-46(3)45-50(4)5)54-42-43-56-49(52)37-35-33-31-29-27-25-23-21-19-17-15-13-11-9-7-2/h14-17,20-23,46-47H,6-13,18-19,24-45H2,1-5H3/b16-14-,17-15-,22-20-,23-21-. The maximum Gasteiger partial charge on any atom is 0.305 e. The van der Waals surface area contributed by atoms with Gasteiger partial charge in [-0.25, -0.2) is 0 Å². The van der Waals surface area contributed by atoms with Gasteiger partial charge < -0.3 is 23.8 Å². The smallest absolute Gasteiger partial charge is 0.305 e. The molecule has 2 atom stereocenters. The zero-order valence-electron chi connectivity index (χ0n) is 37.3. The molecule has 7 nitrogen and oxygen atoms in total. The molecule has 0 saturated heterocycles. The second kappa shape index (κ2) is 43.9. The summed E-state index contributed by atoms with van der Waals surface area (Å²) in [4.78, 5) is 26.6. The van der Waals surface area contributed by atoms with Crippen molar-refractivity contribution in [2.45, 2.75) is 194 Å². The lowest BCUT2D eigenvalue weighted by atomic mass is 10.0. The molecule has 7 heteroatoms. The minimum atomic E-state index is -0.136. The Morgan fingerprint density at radius 1 is 0.518 bits per heavy atom. The van der Waals surface area contributed by atoms with E-state index in [9.17, 15) is 9.59 Å². The summed E-state index contributed by atoms with van der Waals surface area (Å²) in [7, 11) is 4.17. The molecule has 0 aliphatic rings. The minimum Gasteiger partial charge on any atom is -0.463 e. The maximum atomic E-state index is 12.3. The van der Waals surface area contributed by atoms with E-state index in [2.05, 4.69) is 88.4 Å². The first-order chi connectivity index (χ1) is 27.4. The molecule has 0 fully saturated rings. The van der Waals surface area contributed by atoms with Gasteiger partial charge in [-0.15, -0.1) is 0 Å². The number of ether oxygens (including phenoxy) is 4. The third-order valence-corrected chi connectivity index (χ3v) is 9.78. The second-order valence-electron chi connectivity index (χ2n) is 15.9. The normalized spacial score (nSPS) is 13.2. The quantitative estimate of drug-likeness (QED) is 0.0346. The molecule has 0 bridgehead atoms. The molecule has 56 heavy (non-hydrogen) atoms. The summed E-state index contributed by atoms with van der Waals surface area (Å²) in [5.74, 6) is 0.194. The number of carbonyl (C=O) groups excluding carboxylic acids is 2. The number of carbonyl (C=O) groups is 2. The van der Waals surface area contributed by atoms with Crippen molar-refractivity contribution in [1.82, 2.24) is 4.90 Å². The second-order valence-corrected chi connectivity index (χ2v) is 15.9. The van der Waals surface area contributed by atoms with Crippen molar-refractivity contribution in [3.8, 4) is 0 Å². The summed E-state index contributed by atoms with van der Waals surface area (Å²) in [6.45, 7) is 9.58. The van der Waals surface area contributed by atoms with Gasteiger partial charge in [0.25, 0.3) is 0 Å². The Labute approximate surface area is 346 Å². The van der Waals surface area contributed by atoms with Gasteiger partial charge in [-0.3, -0.25) is 9.59 Å². The first-order valence-corrected chi connectivity index (χ1v) is 23.1. The predicted octanol–water partition coefficient (Wildman–Crippen LogP) is 13.1. The Hall–Kier alpha value is -2.22. The summed E-state index contributed by atoms with van der Waals surface area (Å²) in [5.41, 5.74) is 0. The average molecular weight is 788 g/mol. The van der Waals surface area contributed by atoms with E-state index in [0.29, 0.717) is 38.6 Å². The van der Waals surface area contributed by atoms with Crippen molar-refractivity contribution < 1.29 is 28.5 Å². The van der Waals surface area contributed by atoms with Gasteiger partial charge in [-0.1, -0.05) is 134 Å². The molecular formula is C49H89NO6. The van der Waals surface area contributed by atoms with Gasteiger partial charge in [0.2, 0.25) is 0 Å². The van der Waals surface area contributed by atoms with E-state index in [1.807, 2.05) is 0 Å². The number of hydrogen-bond acceptors (Lipinski definition) is 7. The van der Waals surface area contributed by atoms with Crippen LogP contribution in [0.4, 0.5) is 0 Å². The van der Waals surface area contributed by atoms with Crippen LogP contribution in [0, 0.1) is 5.92 Å². The fraction of sp³-hybridized carbons (Fsp3) is 0.796. The molecule has 0 aromatic heterocycles. The Morgan fingerprint density at radius 2 is 0.946 bits per heavy atom. The van der Waals surface area contributed by atoms with Crippen LogP contribution < -0.4 is 0 Å². The highest BCUT2D eigenvalue weighted by Gasteiger charge is 2.15. The number of nitrogens with zero attached hydrogens (tertiary/aromatic N) is 1. The predicted molar refractivity (Wildman–Crippen MR) is 238 cm³/mol. The monoisotopic (exact) mass is 788 g/mol. The Balaban J connectivity index is 3.94. The Morgan fingerprint density at radius 3 is 1.41 bits per heavy atom. The van der Waals surface area contributed by atoms with E-state index in [4.69, 9.17) is 18.9 Å². The first-order valence-electron chi connectivity index (χ1n) is 23.1. The minimum absolute atomic E-state index is 0.0198. The number of unbranched alkanes of at least 4 members (excludes halogenated alkanes) is 16. The lowest BCUT2D eigenvalue weighted by molar-refractivity contribution is -0.146. The molecule has 0 aliphatic carbocycles. The van der Waals surface area contributed by atoms with Crippen LogP contribution in [0.3, 0.4) is 0 Å². The van der Waals surface area contributed by atoms with Crippen LogP contribution in [0.5, 0.6) is 0 Å².